The molecule has 1 N–H and O–H groups in total. The second-order valence-electron chi connectivity index (χ2n) is 3.48. The van der Waals surface area contributed by atoms with Gasteiger partial charge >= 0.3 is 0 Å². The maximum atomic E-state index is 4.44. The molecular weight excluding hydrogens is 204 g/mol. The third-order valence-electron chi connectivity index (χ3n) is 2.32. The van der Waals surface area contributed by atoms with Gasteiger partial charge in [-0.1, -0.05) is 12.1 Å². The fraction of sp³-hybridized carbons (Fsp3) is 0.250. The zero-order chi connectivity index (χ0) is 10.8. The predicted molar refractivity (Wildman–Crippen MR) is 66.6 cm³/mol. The molecule has 78 valence electrons. The average Bonchev–Trinajstić information content (AvgIpc) is 2.58. The lowest BCUT2D eigenvalue weighted by atomic mass is 10.1. The lowest BCUT2D eigenvalue weighted by Crippen LogP contribution is -1.87. The van der Waals surface area contributed by atoms with Crippen molar-refractivity contribution in [1.29, 1.82) is 0 Å². The highest BCUT2D eigenvalue weighted by Gasteiger charge is 2.07. The number of rotatable bonds is 2. The number of benzene rings is 1. The smallest absolute Gasteiger partial charge is 0.0903 e. The molecule has 0 unspecified atom stereocenters. The van der Waals surface area contributed by atoms with Crippen LogP contribution in [0.3, 0.4) is 0 Å². The van der Waals surface area contributed by atoms with Gasteiger partial charge in [0, 0.05) is 12.7 Å². The van der Waals surface area contributed by atoms with Crippen LogP contribution in [0.2, 0.25) is 0 Å². The molecule has 2 nitrogen and oxygen atoms in total. The van der Waals surface area contributed by atoms with Crippen molar-refractivity contribution in [2.75, 3.05) is 12.4 Å². The van der Waals surface area contributed by atoms with E-state index in [-0.39, 0.29) is 0 Å². The first-order chi connectivity index (χ1) is 7.20. The Hall–Kier alpha value is -1.35. The van der Waals surface area contributed by atoms with Crippen LogP contribution in [-0.4, -0.2) is 12.0 Å². The summed E-state index contributed by atoms with van der Waals surface area (Å²) in [6.45, 7) is 4.11. The summed E-state index contributed by atoms with van der Waals surface area (Å²) in [5.74, 6) is 0. The Morgan fingerprint density at radius 2 is 2.07 bits per heavy atom. The minimum Gasteiger partial charge on any atom is -0.388 e. The molecule has 0 aliphatic carbocycles. The zero-order valence-corrected chi connectivity index (χ0v) is 9.98. The molecule has 2 rings (SSSR count). The Balaban J connectivity index is 2.49. The summed E-state index contributed by atoms with van der Waals surface area (Å²) in [7, 11) is 1.93. The summed E-state index contributed by atoms with van der Waals surface area (Å²) in [6.07, 6.45) is 0. The standard InChI is InChI=1S/C12H14N2S/c1-8-12(15-9(2)14-8)10-5-4-6-11(7-10)13-3/h4-7,13H,1-3H3. The van der Waals surface area contributed by atoms with Crippen molar-refractivity contribution in [3.63, 3.8) is 0 Å². The summed E-state index contributed by atoms with van der Waals surface area (Å²) in [6, 6.07) is 8.41. The van der Waals surface area contributed by atoms with Gasteiger partial charge in [-0.15, -0.1) is 11.3 Å². The van der Waals surface area contributed by atoms with Crippen LogP contribution in [-0.2, 0) is 0 Å². The molecule has 0 bridgehead atoms. The summed E-state index contributed by atoms with van der Waals surface area (Å²) in [4.78, 5) is 5.71. The Kier molecular flexibility index (Phi) is 2.73. The molecule has 0 amide bonds. The van der Waals surface area contributed by atoms with Crippen molar-refractivity contribution in [3.05, 3.63) is 35.0 Å². The van der Waals surface area contributed by atoms with E-state index in [4.69, 9.17) is 0 Å². The second kappa shape index (κ2) is 4.03. The lowest BCUT2D eigenvalue weighted by molar-refractivity contribution is 1.20. The van der Waals surface area contributed by atoms with Crippen molar-refractivity contribution in [2.24, 2.45) is 0 Å². The number of nitrogens with zero attached hydrogens (tertiary/aromatic N) is 1. The number of aromatic nitrogens is 1. The SMILES string of the molecule is CNc1cccc(-c2sc(C)nc2C)c1. The van der Waals surface area contributed by atoms with Gasteiger partial charge in [0.15, 0.2) is 0 Å². The van der Waals surface area contributed by atoms with E-state index in [1.165, 1.54) is 10.4 Å². The topological polar surface area (TPSA) is 24.9 Å². The summed E-state index contributed by atoms with van der Waals surface area (Å²) < 4.78 is 0. The van der Waals surface area contributed by atoms with Gasteiger partial charge in [-0.2, -0.15) is 0 Å². The van der Waals surface area contributed by atoms with Crippen LogP contribution in [0, 0.1) is 13.8 Å². The summed E-state index contributed by atoms with van der Waals surface area (Å²) in [5, 5.41) is 4.27. The first-order valence-corrected chi connectivity index (χ1v) is 5.74. The molecule has 1 aromatic heterocycles. The van der Waals surface area contributed by atoms with Crippen LogP contribution in [0.1, 0.15) is 10.7 Å². The van der Waals surface area contributed by atoms with Gasteiger partial charge in [-0.05, 0) is 31.5 Å². The minimum atomic E-state index is 1.12. The third kappa shape index (κ3) is 2.02. The highest BCUT2D eigenvalue weighted by Crippen LogP contribution is 2.30. The molecule has 0 fully saturated rings. The van der Waals surface area contributed by atoms with Gasteiger partial charge in [0.1, 0.15) is 0 Å². The van der Waals surface area contributed by atoms with E-state index in [0.29, 0.717) is 0 Å². The Morgan fingerprint density at radius 3 is 2.67 bits per heavy atom. The molecule has 0 saturated carbocycles. The van der Waals surface area contributed by atoms with Crippen molar-refractivity contribution >= 4 is 17.0 Å². The van der Waals surface area contributed by atoms with Crippen LogP contribution in [0.15, 0.2) is 24.3 Å². The molecule has 0 saturated heterocycles. The van der Waals surface area contributed by atoms with Gasteiger partial charge < -0.3 is 5.32 Å². The normalized spacial score (nSPS) is 10.3. The van der Waals surface area contributed by atoms with Crippen LogP contribution in [0.5, 0.6) is 0 Å². The van der Waals surface area contributed by atoms with Crippen molar-refractivity contribution in [2.45, 2.75) is 13.8 Å². The van der Waals surface area contributed by atoms with Crippen molar-refractivity contribution in [1.82, 2.24) is 4.98 Å². The largest absolute Gasteiger partial charge is 0.388 e. The first-order valence-electron chi connectivity index (χ1n) is 4.93. The first kappa shape index (κ1) is 10.2. The van der Waals surface area contributed by atoms with E-state index in [2.05, 4.69) is 41.5 Å². The van der Waals surface area contributed by atoms with Crippen LogP contribution in [0.25, 0.3) is 10.4 Å². The van der Waals surface area contributed by atoms with E-state index < -0.39 is 0 Å². The highest BCUT2D eigenvalue weighted by atomic mass is 32.1. The molecule has 0 aliphatic rings. The Morgan fingerprint density at radius 1 is 1.27 bits per heavy atom. The molecule has 0 spiro atoms. The number of anilines is 1. The Labute approximate surface area is 94.0 Å². The van der Waals surface area contributed by atoms with Crippen LogP contribution in [0.4, 0.5) is 5.69 Å². The third-order valence-corrected chi connectivity index (χ3v) is 3.44. The number of nitrogens with one attached hydrogen (secondary N) is 1. The summed E-state index contributed by atoms with van der Waals surface area (Å²) >= 11 is 1.75. The van der Waals surface area contributed by atoms with Crippen LogP contribution >= 0.6 is 11.3 Å². The average molecular weight is 218 g/mol. The maximum absolute atomic E-state index is 4.44. The molecule has 2 aromatic rings. The number of thiazole rings is 1. The quantitative estimate of drug-likeness (QED) is 0.835. The molecule has 15 heavy (non-hydrogen) atoms. The molecule has 3 heteroatoms. The van der Waals surface area contributed by atoms with Crippen LogP contribution < -0.4 is 5.32 Å². The van der Waals surface area contributed by atoms with E-state index in [1.54, 1.807) is 11.3 Å². The van der Waals surface area contributed by atoms with E-state index in [1.807, 2.05) is 14.0 Å². The number of aryl methyl sites for hydroxylation is 2. The molecule has 1 heterocycles. The molecule has 0 aliphatic heterocycles. The predicted octanol–water partition coefficient (Wildman–Crippen LogP) is 3.47. The zero-order valence-electron chi connectivity index (χ0n) is 9.16. The molecular formula is C12H14N2S. The van der Waals surface area contributed by atoms with Gasteiger partial charge in [0.2, 0.25) is 0 Å². The van der Waals surface area contributed by atoms with E-state index >= 15 is 0 Å². The highest BCUT2D eigenvalue weighted by molar-refractivity contribution is 7.15. The van der Waals surface area contributed by atoms with Gasteiger partial charge in [0.05, 0.1) is 15.6 Å². The van der Waals surface area contributed by atoms with Gasteiger partial charge in [-0.3, -0.25) is 0 Å². The number of hydrogen-bond donors (Lipinski definition) is 1. The van der Waals surface area contributed by atoms with E-state index in [9.17, 15) is 0 Å². The molecule has 1 aromatic carbocycles. The van der Waals surface area contributed by atoms with E-state index in [0.717, 1.165) is 16.4 Å². The fourth-order valence-electron chi connectivity index (χ4n) is 1.62. The minimum absolute atomic E-state index is 1.12. The van der Waals surface area contributed by atoms with Crippen molar-refractivity contribution < 1.29 is 0 Å². The Bertz CT molecular complexity index is 474. The van der Waals surface area contributed by atoms with Gasteiger partial charge in [0.25, 0.3) is 0 Å². The molecule has 0 radical (unpaired) electrons. The fourth-order valence-corrected chi connectivity index (χ4v) is 2.53. The van der Waals surface area contributed by atoms with Gasteiger partial charge in [-0.25, -0.2) is 4.98 Å². The van der Waals surface area contributed by atoms with Crippen molar-refractivity contribution in [3.8, 4) is 10.4 Å². The maximum Gasteiger partial charge on any atom is 0.0903 e. The monoisotopic (exact) mass is 218 g/mol. The molecule has 0 atom stereocenters. The second-order valence-corrected chi connectivity index (χ2v) is 4.68. The lowest BCUT2D eigenvalue weighted by Gasteiger charge is -2.03. The summed E-state index contributed by atoms with van der Waals surface area (Å²) in [5.41, 5.74) is 3.49. The number of hydrogen-bond acceptors (Lipinski definition) is 3.